The van der Waals surface area contributed by atoms with E-state index in [0.717, 1.165) is 19.3 Å². The summed E-state index contributed by atoms with van der Waals surface area (Å²) in [6.07, 6.45) is 2.75. The highest BCUT2D eigenvalue weighted by Gasteiger charge is 2.49. The molecule has 1 aromatic heterocycles. The van der Waals surface area contributed by atoms with E-state index in [4.69, 9.17) is 9.52 Å². The zero-order valence-electron chi connectivity index (χ0n) is 11.5. The van der Waals surface area contributed by atoms with Crippen LogP contribution in [0.3, 0.4) is 0 Å². The SMILES string of the molecule is CCC1(C(=O)N(C)Cc2cc(C(=O)O)c(C)o2)CC1. The minimum absolute atomic E-state index is 0.126. The van der Waals surface area contributed by atoms with Gasteiger partial charge >= 0.3 is 5.97 Å². The lowest BCUT2D eigenvalue weighted by molar-refractivity contribution is -0.136. The largest absolute Gasteiger partial charge is 0.478 e. The van der Waals surface area contributed by atoms with Gasteiger partial charge in [-0.25, -0.2) is 4.79 Å². The van der Waals surface area contributed by atoms with E-state index in [1.807, 2.05) is 6.92 Å². The van der Waals surface area contributed by atoms with Crippen molar-refractivity contribution in [3.63, 3.8) is 0 Å². The number of carboxylic acid groups (broad SMARTS) is 1. The zero-order chi connectivity index (χ0) is 14.2. The molecule has 1 heterocycles. The maximum Gasteiger partial charge on any atom is 0.339 e. The lowest BCUT2D eigenvalue weighted by atomic mass is 10.0. The minimum atomic E-state index is -1.01. The molecule has 1 aromatic rings. The number of carbonyl (C=O) groups excluding carboxylic acids is 1. The normalized spacial score (nSPS) is 16.2. The second-order valence-corrected chi connectivity index (χ2v) is 5.28. The first kappa shape index (κ1) is 13.6. The van der Waals surface area contributed by atoms with Gasteiger partial charge < -0.3 is 14.4 Å². The number of aromatic carboxylic acids is 1. The van der Waals surface area contributed by atoms with E-state index in [-0.39, 0.29) is 16.9 Å². The number of carbonyl (C=O) groups is 2. The molecule has 0 aliphatic heterocycles. The molecule has 1 aliphatic rings. The summed E-state index contributed by atoms with van der Waals surface area (Å²) in [5.41, 5.74) is -0.0149. The standard InChI is InChI=1S/C14H19NO4/c1-4-14(5-6-14)13(18)15(3)8-10-7-11(12(16)17)9(2)19-10/h7H,4-6,8H2,1-3H3,(H,16,17). The van der Waals surface area contributed by atoms with E-state index < -0.39 is 5.97 Å². The molecule has 0 radical (unpaired) electrons. The van der Waals surface area contributed by atoms with Gasteiger partial charge in [0.25, 0.3) is 0 Å². The van der Waals surface area contributed by atoms with Crippen LogP contribution < -0.4 is 0 Å². The van der Waals surface area contributed by atoms with Crippen LogP contribution in [0, 0.1) is 12.3 Å². The second kappa shape index (κ2) is 4.72. The fourth-order valence-electron chi connectivity index (χ4n) is 2.41. The monoisotopic (exact) mass is 265 g/mol. The number of aryl methyl sites for hydroxylation is 1. The Morgan fingerprint density at radius 3 is 2.53 bits per heavy atom. The molecule has 0 aromatic carbocycles. The summed E-state index contributed by atoms with van der Waals surface area (Å²) in [7, 11) is 1.73. The van der Waals surface area contributed by atoms with Gasteiger partial charge in [0.15, 0.2) is 0 Å². The number of hydrogen-bond acceptors (Lipinski definition) is 3. The van der Waals surface area contributed by atoms with Crippen LogP contribution in [0.25, 0.3) is 0 Å². The average molecular weight is 265 g/mol. The van der Waals surface area contributed by atoms with Crippen molar-refractivity contribution in [3.8, 4) is 0 Å². The van der Waals surface area contributed by atoms with Crippen molar-refractivity contribution in [2.24, 2.45) is 5.41 Å². The second-order valence-electron chi connectivity index (χ2n) is 5.28. The van der Waals surface area contributed by atoms with Crippen LogP contribution in [-0.2, 0) is 11.3 Å². The maximum absolute atomic E-state index is 12.3. The quantitative estimate of drug-likeness (QED) is 0.887. The molecule has 0 bridgehead atoms. The van der Waals surface area contributed by atoms with E-state index in [1.54, 1.807) is 18.9 Å². The van der Waals surface area contributed by atoms with Crippen LogP contribution in [-0.4, -0.2) is 28.9 Å². The highest BCUT2D eigenvalue weighted by molar-refractivity contribution is 5.89. The third-order valence-corrected chi connectivity index (χ3v) is 3.92. The van der Waals surface area contributed by atoms with Crippen LogP contribution in [0.15, 0.2) is 10.5 Å². The van der Waals surface area contributed by atoms with Crippen LogP contribution in [0.1, 0.15) is 48.1 Å². The first-order chi connectivity index (χ1) is 8.89. The van der Waals surface area contributed by atoms with E-state index in [9.17, 15) is 9.59 Å². The number of amides is 1. The predicted molar refractivity (Wildman–Crippen MR) is 68.8 cm³/mol. The van der Waals surface area contributed by atoms with Gasteiger partial charge in [-0.05, 0) is 32.3 Å². The van der Waals surface area contributed by atoms with Crippen LogP contribution in [0.2, 0.25) is 0 Å². The molecule has 1 amide bonds. The molecule has 5 nitrogen and oxygen atoms in total. The third kappa shape index (κ3) is 2.50. The van der Waals surface area contributed by atoms with Crippen molar-refractivity contribution >= 4 is 11.9 Å². The fraction of sp³-hybridized carbons (Fsp3) is 0.571. The number of carboxylic acids is 1. The molecule has 0 saturated heterocycles. The van der Waals surface area contributed by atoms with Crippen LogP contribution in [0.5, 0.6) is 0 Å². The summed E-state index contributed by atoms with van der Waals surface area (Å²) < 4.78 is 5.39. The molecule has 1 fully saturated rings. The van der Waals surface area contributed by atoms with Crippen molar-refractivity contribution in [1.82, 2.24) is 4.90 Å². The maximum atomic E-state index is 12.3. The summed E-state index contributed by atoms with van der Waals surface area (Å²) in [6, 6.07) is 1.49. The molecule has 2 rings (SSSR count). The number of nitrogens with zero attached hydrogens (tertiary/aromatic N) is 1. The van der Waals surface area contributed by atoms with Gasteiger partial charge in [-0.2, -0.15) is 0 Å². The van der Waals surface area contributed by atoms with Gasteiger partial charge in [0.2, 0.25) is 5.91 Å². The molecule has 1 N–H and O–H groups in total. The van der Waals surface area contributed by atoms with Gasteiger partial charge in [-0.15, -0.1) is 0 Å². The Balaban J connectivity index is 2.07. The summed E-state index contributed by atoms with van der Waals surface area (Å²) in [5.74, 6) is 0.00672. The van der Waals surface area contributed by atoms with Gasteiger partial charge in [-0.3, -0.25) is 4.79 Å². The van der Waals surface area contributed by atoms with Gasteiger partial charge in [0, 0.05) is 12.5 Å². The molecule has 5 heteroatoms. The first-order valence-electron chi connectivity index (χ1n) is 6.48. The van der Waals surface area contributed by atoms with Crippen molar-refractivity contribution in [3.05, 3.63) is 23.2 Å². The number of furan rings is 1. The Morgan fingerprint density at radius 1 is 1.47 bits per heavy atom. The van der Waals surface area contributed by atoms with Crippen molar-refractivity contribution in [2.75, 3.05) is 7.05 Å². The van der Waals surface area contributed by atoms with Gasteiger partial charge in [-0.1, -0.05) is 6.92 Å². The molecule has 0 unspecified atom stereocenters. The van der Waals surface area contributed by atoms with Crippen molar-refractivity contribution < 1.29 is 19.1 Å². The molecule has 104 valence electrons. The highest BCUT2D eigenvalue weighted by atomic mass is 16.4. The molecule has 0 spiro atoms. The Kier molecular flexibility index (Phi) is 3.39. The summed E-state index contributed by atoms with van der Waals surface area (Å²) in [5, 5.41) is 8.96. The summed E-state index contributed by atoms with van der Waals surface area (Å²) >= 11 is 0. The lowest BCUT2D eigenvalue weighted by Gasteiger charge is -2.21. The van der Waals surface area contributed by atoms with Gasteiger partial charge in [0.05, 0.1) is 6.54 Å². The highest BCUT2D eigenvalue weighted by Crippen LogP contribution is 2.50. The van der Waals surface area contributed by atoms with E-state index in [2.05, 4.69) is 0 Å². The summed E-state index contributed by atoms with van der Waals surface area (Å²) in [4.78, 5) is 24.8. The Hall–Kier alpha value is -1.78. The predicted octanol–water partition coefficient (Wildman–Crippen LogP) is 2.43. The average Bonchev–Trinajstić information content (AvgIpc) is 3.07. The minimum Gasteiger partial charge on any atom is -0.478 e. The van der Waals surface area contributed by atoms with E-state index in [0.29, 0.717) is 18.1 Å². The Bertz CT molecular complexity index is 514. The molecule has 1 aliphatic carbocycles. The smallest absolute Gasteiger partial charge is 0.339 e. The van der Waals surface area contributed by atoms with Gasteiger partial charge in [0.1, 0.15) is 17.1 Å². The Morgan fingerprint density at radius 2 is 2.11 bits per heavy atom. The molecule has 0 atom stereocenters. The first-order valence-corrected chi connectivity index (χ1v) is 6.48. The Labute approximate surface area is 112 Å². The molecule has 1 saturated carbocycles. The number of rotatable bonds is 5. The summed E-state index contributed by atoms with van der Waals surface area (Å²) in [6.45, 7) is 3.95. The van der Waals surface area contributed by atoms with Crippen LogP contribution in [0.4, 0.5) is 0 Å². The van der Waals surface area contributed by atoms with Crippen molar-refractivity contribution in [1.29, 1.82) is 0 Å². The zero-order valence-corrected chi connectivity index (χ0v) is 11.5. The number of hydrogen-bond donors (Lipinski definition) is 1. The molecular weight excluding hydrogens is 246 g/mol. The van der Waals surface area contributed by atoms with E-state index >= 15 is 0 Å². The fourth-order valence-corrected chi connectivity index (χ4v) is 2.41. The topological polar surface area (TPSA) is 70.8 Å². The van der Waals surface area contributed by atoms with Crippen LogP contribution >= 0.6 is 0 Å². The molecular formula is C14H19NO4. The van der Waals surface area contributed by atoms with Crippen molar-refractivity contribution in [2.45, 2.75) is 39.7 Å². The van der Waals surface area contributed by atoms with E-state index in [1.165, 1.54) is 6.07 Å². The lowest BCUT2D eigenvalue weighted by Crippen LogP contribution is -2.33. The molecule has 19 heavy (non-hydrogen) atoms. The third-order valence-electron chi connectivity index (χ3n) is 3.92.